The van der Waals surface area contributed by atoms with E-state index in [0.29, 0.717) is 0 Å². The van der Waals surface area contributed by atoms with E-state index >= 15 is 0 Å². The minimum absolute atomic E-state index is 0.254. The number of nitrogens with zero attached hydrogens (tertiary/aromatic N) is 3. The summed E-state index contributed by atoms with van der Waals surface area (Å²) in [6.45, 7) is 9.89. The van der Waals surface area contributed by atoms with Crippen LogP contribution in [0.2, 0.25) is 0 Å². The molecule has 19 heavy (non-hydrogen) atoms. The summed E-state index contributed by atoms with van der Waals surface area (Å²) in [4.78, 5) is 11.3. The van der Waals surface area contributed by atoms with Crippen molar-refractivity contribution in [3.05, 3.63) is 11.8 Å². The van der Waals surface area contributed by atoms with Crippen LogP contribution in [0.3, 0.4) is 0 Å². The van der Waals surface area contributed by atoms with Crippen LogP contribution in [0.25, 0.3) is 0 Å². The van der Waals surface area contributed by atoms with Crippen molar-refractivity contribution in [3.8, 4) is 0 Å². The maximum atomic E-state index is 5.68. The number of aromatic nitrogens is 2. The molecule has 0 amide bonds. The second kappa shape index (κ2) is 6.70. The zero-order valence-electron chi connectivity index (χ0n) is 12.1. The molecule has 1 aromatic heterocycles. The molecule has 0 bridgehead atoms. The van der Waals surface area contributed by atoms with Crippen LogP contribution in [-0.2, 0) is 4.74 Å². The first-order chi connectivity index (χ1) is 9.19. The smallest absolute Gasteiger partial charge is 0.224 e. The van der Waals surface area contributed by atoms with Gasteiger partial charge >= 0.3 is 0 Å². The molecular weight excluding hydrogens is 240 g/mol. The topological polar surface area (TPSA) is 50.3 Å². The van der Waals surface area contributed by atoms with Gasteiger partial charge in [0.15, 0.2) is 0 Å². The van der Waals surface area contributed by atoms with E-state index in [2.05, 4.69) is 40.1 Å². The highest BCUT2D eigenvalue weighted by molar-refractivity contribution is 5.45. The zero-order chi connectivity index (χ0) is 13.7. The van der Waals surface area contributed by atoms with E-state index < -0.39 is 0 Å². The number of hydrogen-bond donors (Lipinski definition) is 1. The minimum Gasteiger partial charge on any atom is -0.377 e. The predicted octanol–water partition coefficient (Wildman–Crippen LogP) is 2.22. The monoisotopic (exact) mass is 264 g/mol. The van der Waals surface area contributed by atoms with E-state index in [9.17, 15) is 0 Å². The van der Waals surface area contributed by atoms with E-state index in [1.807, 2.05) is 6.92 Å². The lowest BCUT2D eigenvalue weighted by atomic mass is 10.3. The summed E-state index contributed by atoms with van der Waals surface area (Å²) in [5.41, 5.74) is 1.00. The summed E-state index contributed by atoms with van der Waals surface area (Å²) in [6, 6.07) is 2.05. The number of aryl methyl sites for hydroxylation is 1. The average Bonchev–Trinajstić information content (AvgIpc) is 2.60. The van der Waals surface area contributed by atoms with Gasteiger partial charge in [-0.15, -0.1) is 0 Å². The standard InChI is InChI=1S/C14H24N4O/c1-4-6-15-14-16-11(2)9-13(17-14)18-7-5-8-19-12(3)10-18/h9,12H,4-8,10H2,1-3H3,(H,15,16,17). The molecule has 0 aliphatic carbocycles. The van der Waals surface area contributed by atoms with Gasteiger partial charge in [-0.25, -0.2) is 4.98 Å². The van der Waals surface area contributed by atoms with Crippen molar-refractivity contribution in [3.63, 3.8) is 0 Å². The second-order valence-corrected chi connectivity index (χ2v) is 5.10. The fourth-order valence-corrected chi connectivity index (χ4v) is 2.23. The first-order valence-corrected chi connectivity index (χ1v) is 7.15. The molecular formula is C14H24N4O. The Kier molecular flexibility index (Phi) is 4.96. The van der Waals surface area contributed by atoms with Crippen LogP contribution in [-0.4, -0.2) is 42.3 Å². The molecule has 1 aliphatic heterocycles. The van der Waals surface area contributed by atoms with Crippen LogP contribution in [0.4, 0.5) is 11.8 Å². The summed E-state index contributed by atoms with van der Waals surface area (Å²) in [5, 5.41) is 3.26. The molecule has 1 aliphatic rings. The van der Waals surface area contributed by atoms with Gasteiger partial charge in [-0.1, -0.05) is 6.92 Å². The highest BCUT2D eigenvalue weighted by Gasteiger charge is 2.17. The molecule has 0 saturated carbocycles. The number of nitrogens with one attached hydrogen (secondary N) is 1. The normalized spacial score (nSPS) is 20.2. The van der Waals surface area contributed by atoms with Crippen molar-refractivity contribution < 1.29 is 4.74 Å². The molecule has 1 fully saturated rings. The minimum atomic E-state index is 0.254. The van der Waals surface area contributed by atoms with E-state index in [4.69, 9.17) is 4.74 Å². The van der Waals surface area contributed by atoms with Crippen molar-refractivity contribution >= 4 is 11.8 Å². The van der Waals surface area contributed by atoms with Crippen LogP contribution in [0, 0.1) is 6.92 Å². The van der Waals surface area contributed by atoms with Gasteiger partial charge < -0.3 is 15.0 Å². The summed E-state index contributed by atoms with van der Waals surface area (Å²) >= 11 is 0. The van der Waals surface area contributed by atoms with Crippen LogP contribution in [0.5, 0.6) is 0 Å². The van der Waals surface area contributed by atoms with E-state index in [-0.39, 0.29) is 6.10 Å². The molecule has 2 rings (SSSR count). The Labute approximate surface area is 115 Å². The van der Waals surface area contributed by atoms with E-state index in [0.717, 1.165) is 56.5 Å². The van der Waals surface area contributed by atoms with Gasteiger partial charge in [-0.2, -0.15) is 4.98 Å². The first kappa shape index (κ1) is 14.1. The number of hydrogen-bond acceptors (Lipinski definition) is 5. The van der Waals surface area contributed by atoms with Crippen LogP contribution in [0.1, 0.15) is 32.4 Å². The maximum Gasteiger partial charge on any atom is 0.224 e. The SMILES string of the molecule is CCCNc1nc(C)cc(N2CCCOC(C)C2)n1. The third-order valence-electron chi connectivity index (χ3n) is 3.15. The van der Waals surface area contributed by atoms with Crippen molar-refractivity contribution in [1.29, 1.82) is 0 Å². The quantitative estimate of drug-likeness (QED) is 0.903. The molecule has 1 atom stereocenters. The Morgan fingerprint density at radius 2 is 2.32 bits per heavy atom. The predicted molar refractivity (Wildman–Crippen MR) is 77.8 cm³/mol. The maximum absolute atomic E-state index is 5.68. The van der Waals surface area contributed by atoms with Crippen molar-refractivity contribution in [1.82, 2.24) is 9.97 Å². The summed E-state index contributed by atoms with van der Waals surface area (Å²) in [6.07, 6.45) is 2.37. The molecule has 1 N–H and O–H groups in total. The highest BCUT2D eigenvalue weighted by atomic mass is 16.5. The fraction of sp³-hybridized carbons (Fsp3) is 0.714. The van der Waals surface area contributed by atoms with Gasteiger partial charge in [0.1, 0.15) is 5.82 Å². The number of anilines is 2. The van der Waals surface area contributed by atoms with Crippen LogP contribution in [0.15, 0.2) is 6.07 Å². The van der Waals surface area contributed by atoms with Gasteiger partial charge in [0.25, 0.3) is 0 Å². The molecule has 1 unspecified atom stereocenters. The van der Waals surface area contributed by atoms with Gasteiger partial charge in [-0.3, -0.25) is 0 Å². The lowest BCUT2D eigenvalue weighted by Gasteiger charge is -2.23. The summed E-state index contributed by atoms with van der Waals surface area (Å²) < 4.78 is 5.68. The van der Waals surface area contributed by atoms with Crippen LogP contribution < -0.4 is 10.2 Å². The van der Waals surface area contributed by atoms with Gasteiger partial charge in [0, 0.05) is 38.0 Å². The molecule has 0 radical (unpaired) electrons. The highest BCUT2D eigenvalue weighted by Crippen LogP contribution is 2.18. The lowest BCUT2D eigenvalue weighted by Crippen LogP contribution is -2.31. The van der Waals surface area contributed by atoms with Crippen molar-refractivity contribution in [2.45, 2.75) is 39.7 Å². The zero-order valence-corrected chi connectivity index (χ0v) is 12.1. The van der Waals surface area contributed by atoms with Gasteiger partial charge in [-0.05, 0) is 26.7 Å². The molecule has 0 aromatic carbocycles. The average molecular weight is 264 g/mol. The first-order valence-electron chi connectivity index (χ1n) is 7.15. The molecule has 1 aromatic rings. The Hall–Kier alpha value is -1.36. The molecule has 0 spiro atoms. The molecule has 5 heteroatoms. The van der Waals surface area contributed by atoms with E-state index in [1.165, 1.54) is 0 Å². The Morgan fingerprint density at radius 3 is 3.11 bits per heavy atom. The van der Waals surface area contributed by atoms with Gasteiger partial charge in [0.2, 0.25) is 5.95 Å². The van der Waals surface area contributed by atoms with Crippen molar-refractivity contribution in [2.24, 2.45) is 0 Å². The third kappa shape index (κ3) is 4.06. The third-order valence-corrected chi connectivity index (χ3v) is 3.15. The van der Waals surface area contributed by atoms with E-state index in [1.54, 1.807) is 0 Å². The number of ether oxygens (including phenoxy) is 1. The van der Waals surface area contributed by atoms with Crippen molar-refractivity contribution in [2.75, 3.05) is 36.5 Å². The van der Waals surface area contributed by atoms with Gasteiger partial charge in [0.05, 0.1) is 6.10 Å². The Bertz CT molecular complexity index is 410. The summed E-state index contributed by atoms with van der Waals surface area (Å²) in [5.74, 6) is 1.73. The lowest BCUT2D eigenvalue weighted by molar-refractivity contribution is 0.0820. The largest absolute Gasteiger partial charge is 0.377 e. The molecule has 1 saturated heterocycles. The Morgan fingerprint density at radius 1 is 1.47 bits per heavy atom. The second-order valence-electron chi connectivity index (χ2n) is 5.10. The molecule has 2 heterocycles. The number of rotatable bonds is 4. The van der Waals surface area contributed by atoms with Crippen LogP contribution >= 0.6 is 0 Å². The molecule has 5 nitrogen and oxygen atoms in total. The Balaban J connectivity index is 2.15. The molecule has 106 valence electrons. The summed E-state index contributed by atoms with van der Waals surface area (Å²) in [7, 11) is 0. The fourth-order valence-electron chi connectivity index (χ4n) is 2.23.